The Morgan fingerprint density at radius 2 is 1.82 bits per heavy atom. The number of amides is 1. The van der Waals surface area contributed by atoms with E-state index in [1.54, 1.807) is 17.0 Å². The topological polar surface area (TPSA) is 123 Å². The van der Waals surface area contributed by atoms with Gasteiger partial charge in [-0.3, -0.25) is 9.80 Å². The fourth-order valence-electron chi connectivity index (χ4n) is 9.22. The van der Waals surface area contributed by atoms with Gasteiger partial charge in [-0.25, -0.2) is 18.0 Å². The number of rotatable bonds is 9. The first-order chi connectivity index (χ1) is 26.8. The Balaban J connectivity index is 1.31. The number of carbonyl (C=O) groups is 1. The molecule has 4 saturated heterocycles. The van der Waals surface area contributed by atoms with Crippen molar-refractivity contribution in [3.05, 3.63) is 47.5 Å². The van der Waals surface area contributed by atoms with Gasteiger partial charge in [0.25, 0.3) is 0 Å². The number of nitrogens with zero attached hydrogens (tertiary/aromatic N) is 6. The first-order valence-corrected chi connectivity index (χ1v) is 19.0. The summed E-state index contributed by atoms with van der Waals surface area (Å²) >= 11 is 0. The minimum atomic E-state index is -0.990. The van der Waals surface area contributed by atoms with Crippen molar-refractivity contribution in [3.63, 3.8) is 0 Å². The van der Waals surface area contributed by atoms with Crippen LogP contribution in [0.25, 0.3) is 32.8 Å². The maximum Gasteiger partial charge on any atom is 0.410 e. The largest absolute Gasteiger partial charge is 0.494 e. The Kier molecular flexibility index (Phi) is 9.77. The molecular weight excluding hydrogens is 729 g/mol. The normalized spacial score (nSPS) is 23.4. The molecule has 4 aliphatic rings. The fourth-order valence-corrected chi connectivity index (χ4v) is 9.22. The van der Waals surface area contributed by atoms with Crippen LogP contribution >= 0.6 is 0 Å². The lowest BCUT2D eigenvalue weighted by Crippen LogP contribution is -2.57. The number of ether oxygens (including phenoxy) is 5. The van der Waals surface area contributed by atoms with E-state index in [-0.39, 0.29) is 81.8 Å². The molecule has 1 aromatic heterocycles. The van der Waals surface area contributed by atoms with E-state index in [4.69, 9.17) is 28.7 Å². The molecule has 1 amide bonds. The third-order valence-electron chi connectivity index (χ3n) is 11.4. The minimum Gasteiger partial charge on any atom is -0.494 e. The van der Waals surface area contributed by atoms with Crippen molar-refractivity contribution in [3.8, 4) is 34.7 Å². The molecule has 3 aromatic carbocycles. The monoisotopic (exact) mass is 774 g/mol. The molecule has 4 aromatic rings. The van der Waals surface area contributed by atoms with E-state index in [1.807, 2.05) is 25.7 Å². The summed E-state index contributed by atoms with van der Waals surface area (Å²) in [6.07, 6.45) is 1.98. The van der Waals surface area contributed by atoms with Crippen LogP contribution in [0, 0.1) is 23.0 Å². The third kappa shape index (κ3) is 6.56. The van der Waals surface area contributed by atoms with Gasteiger partial charge in [-0.15, -0.1) is 0 Å². The van der Waals surface area contributed by atoms with Crippen molar-refractivity contribution in [2.24, 2.45) is 0 Å². The Morgan fingerprint density at radius 1 is 1.05 bits per heavy atom. The number of hydrogen-bond donors (Lipinski definition) is 0. The predicted molar refractivity (Wildman–Crippen MR) is 202 cm³/mol. The average molecular weight is 775 g/mol. The second kappa shape index (κ2) is 14.5. The highest BCUT2D eigenvalue weighted by Crippen LogP contribution is 2.48. The SMILES string of the molecule is COCOc1cc(-c2c(C#N)c(OC)c3c(N4CC5CCC(C4)N5C(=O)OC(C)(C)C)nc(OC[C@@]45CCCN4C[C@H](F)C5)nc3c2F)c2c(F)cccc2c1. The van der Waals surface area contributed by atoms with Gasteiger partial charge in [0, 0.05) is 49.7 Å². The number of alkyl halides is 1. The van der Waals surface area contributed by atoms with Crippen molar-refractivity contribution in [1.29, 1.82) is 5.26 Å². The third-order valence-corrected chi connectivity index (χ3v) is 11.4. The predicted octanol–water partition coefficient (Wildman–Crippen LogP) is 7.13. The lowest BCUT2D eigenvalue weighted by molar-refractivity contribution is 0.0122. The van der Waals surface area contributed by atoms with E-state index in [9.17, 15) is 14.4 Å². The minimum absolute atomic E-state index is 0.00769. The lowest BCUT2D eigenvalue weighted by Gasteiger charge is -2.42. The standard InChI is InChI=1S/C41H45F3N6O6/c1-40(2,3)56-39(51)50-25-10-11-26(50)20-48(19-25)37-33-35(46-38(47-37)54-21-41-12-7-13-49(41)18-24(42)16-41)34(44)32(29(17-45)36(33)53-5)28-15-27(55-22-52-4)14-23-8-6-9-30(43)31(23)28/h6,8-9,14-15,24-26H,7,10-13,16,18-22H2,1-5H3/t24-,25?,26?,41+/m1/s1. The molecule has 56 heavy (non-hydrogen) atoms. The average Bonchev–Trinajstić information content (AvgIpc) is 3.78. The van der Waals surface area contributed by atoms with E-state index in [2.05, 4.69) is 16.0 Å². The van der Waals surface area contributed by atoms with E-state index >= 15 is 8.78 Å². The van der Waals surface area contributed by atoms with Gasteiger partial charge >= 0.3 is 12.1 Å². The van der Waals surface area contributed by atoms with Crippen LogP contribution in [0.5, 0.6) is 17.5 Å². The summed E-state index contributed by atoms with van der Waals surface area (Å²) in [5.41, 5.74) is -1.81. The summed E-state index contributed by atoms with van der Waals surface area (Å²) < 4.78 is 77.1. The summed E-state index contributed by atoms with van der Waals surface area (Å²) in [5, 5.41) is 11.4. The number of hydrogen-bond acceptors (Lipinski definition) is 11. The van der Waals surface area contributed by atoms with Crippen molar-refractivity contribution in [2.45, 2.75) is 82.3 Å². The molecule has 0 saturated carbocycles. The number of nitriles is 1. The zero-order valence-corrected chi connectivity index (χ0v) is 32.2. The summed E-state index contributed by atoms with van der Waals surface area (Å²) in [5.74, 6) is -1.04. The van der Waals surface area contributed by atoms with Gasteiger partial charge in [-0.05, 0) is 76.6 Å². The van der Waals surface area contributed by atoms with Crippen LogP contribution < -0.4 is 19.1 Å². The molecule has 8 rings (SSSR count). The fraction of sp³-hybridized carbons (Fsp3) is 0.512. The van der Waals surface area contributed by atoms with E-state index in [0.717, 1.165) is 32.2 Å². The van der Waals surface area contributed by atoms with E-state index in [1.165, 1.54) is 32.4 Å². The first-order valence-electron chi connectivity index (χ1n) is 19.0. The van der Waals surface area contributed by atoms with Gasteiger partial charge in [0.2, 0.25) is 0 Å². The molecule has 4 fully saturated rings. The molecule has 0 aliphatic carbocycles. The summed E-state index contributed by atoms with van der Waals surface area (Å²) in [7, 11) is 2.82. The Morgan fingerprint density at radius 3 is 2.52 bits per heavy atom. The van der Waals surface area contributed by atoms with Gasteiger partial charge in [0.05, 0.1) is 30.1 Å². The van der Waals surface area contributed by atoms with Crippen LogP contribution in [0.15, 0.2) is 30.3 Å². The highest BCUT2D eigenvalue weighted by Gasteiger charge is 2.50. The molecule has 15 heteroatoms. The number of aromatic nitrogens is 2. The molecule has 4 atom stereocenters. The first kappa shape index (κ1) is 37.8. The van der Waals surface area contributed by atoms with Crippen molar-refractivity contribution >= 4 is 33.6 Å². The summed E-state index contributed by atoms with van der Waals surface area (Å²) in [6, 6.07) is 9.05. The van der Waals surface area contributed by atoms with Crippen LogP contribution in [0.1, 0.15) is 58.4 Å². The lowest BCUT2D eigenvalue weighted by atomic mass is 9.91. The van der Waals surface area contributed by atoms with Crippen LogP contribution in [0.2, 0.25) is 0 Å². The van der Waals surface area contributed by atoms with Gasteiger partial charge in [0.15, 0.2) is 18.4 Å². The molecule has 2 bridgehead atoms. The van der Waals surface area contributed by atoms with Crippen LogP contribution in [0.3, 0.4) is 0 Å². The number of carbonyl (C=O) groups excluding carboxylic acids is 1. The molecule has 12 nitrogen and oxygen atoms in total. The van der Waals surface area contributed by atoms with Crippen LogP contribution in [-0.4, -0.2) is 109 Å². The van der Waals surface area contributed by atoms with Crippen LogP contribution in [-0.2, 0) is 9.47 Å². The Labute approximate surface area is 323 Å². The number of anilines is 1. The van der Waals surface area contributed by atoms with Crippen LogP contribution in [0.4, 0.5) is 23.8 Å². The summed E-state index contributed by atoms with van der Waals surface area (Å²) in [6.45, 7) is 7.15. The zero-order valence-electron chi connectivity index (χ0n) is 32.2. The number of benzene rings is 3. The molecule has 0 spiro atoms. The molecular formula is C41H45F3N6O6. The number of halogens is 3. The van der Waals surface area contributed by atoms with E-state index < -0.39 is 35.0 Å². The number of methoxy groups -OCH3 is 2. The van der Waals surface area contributed by atoms with Gasteiger partial charge in [-0.1, -0.05) is 12.1 Å². The number of piperazine rings is 1. The maximum atomic E-state index is 17.7. The maximum absolute atomic E-state index is 17.7. The summed E-state index contributed by atoms with van der Waals surface area (Å²) in [4.78, 5) is 28.7. The van der Waals surface area contributed by atoms with E-state index in [0.29, 0.717) is 31.4 Å². The highest BCUT2D eigenvalue weighted by molar-refractivity contribution is 6.06. The molecule has 0 radical (unpaired) electrons. The van der Waals surface area contributed by atoms with Crippen molar-refractivity contribution in [2.75, 3.05) is 58.7 Å². The zero-order chi connectivity index (χ0) is 39.5. The van der Waals surface area contributed by atoms with Crippen molar-refractivity contribution in [1.82, 2.24) is 19.8 Å². The molecule has 4 aliphatic heterocycles. The van der Waals surface area contributed by atoms with Gasteiger partial charge in [-0.2, -0.15) is 15.2 Å². The van der Waals surface area contributed by atoms with Crippen molar-refractivity contribution < 1.29 is 41.7 Å². The quantitative estimate of drug-likeness (QED) is 0.161. The molecule has 5 heterocycles. The molecule has 0 N–H and O–H groups in total. The van der Waals surface area contributed by atoms with Gasteiger partial charge < -0.3 is 28.6 Å². The second-order valence-corrected chi connectivity index (χ2v) is 16.2. The molecule has 2 unspecified atom stereocenters. The molecule has 296 valence electrons. The highest BCUT2D eigenvalue weighted by atomic mass is 19.1. The Bertz CT molecular complexity index is 2230. The number of fused-ring (bicyclic) bond motifs is 5. The Hall–Kier alpha value is -5.07. The second-order valence-electron chi connectivity index (χ2n) is 16.2. The smallest absolute Gasteiger partial charge is 0.410 e. The van der Waals surface area contributed by atoms with Gasteiger partial charge in [0.1, 0.15) is 52.9 Å².